The summed E-state index contributed by atoms with van der Waals surface area (Å²) in [4.78, 5) is 9.14. The number of aromatic nitrogens is 6. The van der Waals surface area contributed by atoms with Gasteiger partial charge in [-0.3, -0.25) is 9.80 Å². The van der Waals surface area contributed by atoms with Crippen molar-refractivity contribution < 1.29 is 4.52 Å². The molecule has 2 aromatic rings. The lowest BCUT2D eigenvalue weighted by Crippen LogP contribution is -2.34. The average Bonchev–Trinajstić information content (AvgIpc) is 3.01. The lowest BCUT2D eigenvalue weighted by atomic mass is 10.2. The van der Waals surface area contributed by atoms with Crippen LogP contribution in [0.5, 0.6) is 0 Å². The second-order valence-electron chi connectivity index (χ2n) is 6.82. The van der Waals surface area contributed by atoms with Crippen molar-refractivity contribution in [1.29, 1.82) is 0 Å². The normalized spacial score (nSPS) is 21.9. The highest BCUT2D eigenvalue weighted by atomic mass is 16.5. The Morgan fingerprint density at radius 3 is 2.92 bits per heavy atom. The number of rotatable bonds is 7. The maximum absolute atomic E-state index is 5.19. The fourth-order valence-corrected chi connectivity index (χ4v) is 3.28. The van der Waals surface area contributed by atoms with Gasteiger partial charge in [0.25, 0.3) is 0 Å². The molecule has 2 aliphatic rings. The third kappa shape index (κ3) is 3.32. The molecule has 1 unspecified atom stereocenters. The average molecular weight is 332 g/mol. The number of hydrogen-bond donors (Lipinski definition) is 0. The van der Waals surface area contributed by atoms with E-state index >= 15 is 0 Å². The van der Waals surface area contributed by atoms with Gasteiger partial charge in [-0.25, -0.2) is 4.68 Å². The molecule has 4 rings (SSSR count). The first kappa shape index (κ1) is 15.6. The molecule has 0 amide bonds. The summed E-state index contributed by atoms with van der Waals surface area (Å²) in [7, 11) is 2.13. The van der Waals surface area contributed by atoms with E-state index in [9.17, 15) is 0 Å². The van der Waals surface area contributed by atoms with Crippen molar-refractivity contribution in [2.45, 2.75) is 57.8 Å². The first-order valence-corrected chi connectivity index (χ1v) is 8.73. The predicted octanol–water partition coefficient (Wildman–Crippen LogP) is 0.660. The van der Waals surface area contributed by atoms with E-state index < -0.39 is 0 Å². The Bertz CT molecular complexity index is 679. The summed E-state index contributed by atoms with van der Waals surface area (Å²) in [5.74, 6) is 2.47. The Hall–Kier alpha value is -1.87. The molecule has 130 valence electrons. The third-order valence-electron chi connectivity index (χ3n) is 4.89. The summed E-state index contributed by atoms with van der Waals surface area (Å²) in [6.07, 6.45) is 4.32. The zero-order valence-corrected chi connectivity index (χ0v) is 14.3. The molecule has 2 aromatic heterocycles. The first-order chi connectivity index (χ1) is 11.7. The molecule has 1 saturated carbocycles. The van der Waals surface area contributed by atoms with Gasteiger partial charge in [0.1, 0.15) is 0 Å². The minimum Gasteiger partial charge on any atom is -0.339 e. The smallest absolute Gasteiger partial charge is 0.226 e. The van der Waals surface area contributed by atoms with Crippen LogP contribution in [0, 0.1) is 0 Å². The maximum Gasteiger partial charge on any atom is 0.226 e. The lowest BCUT2D eigenvalue weighted by Gasteiger charge is -2.23. The van der Waals surface area contributed by atoms with Crippen molar-refractivity contribution in [3.63, 3.8) is 0 Å². The Labute approximate surface area is 141 Å². The molecule has 1 saturated heterocycles. The molecule has 1 aliphatic heterocycles. The van der Waals surface area contributed by atoms with Gasteiger partial charge < -0.3 is 4.52 Å². The highest BCUT2D eigenvalue weighted by Crippen LogP contribution is 2.34. The number of nitrogens with zero attached hydrogens (tertiary/aromatic N) is 8. The van der Waals surface area contributed by atoms with E-state index in [1.165, 1.54) is 12.8 Å². The zero-order valence-electron chi connectivity index (χ0n) is 14.3. The Morgan fingerprint density at radius 2 is 2.17 bits per heavy atom. The number of aryl methyl sites for hydroxylation is 1. The number of hydrogen-bond acceptors (Lipinski definition) is 8. The van der Waals surface area contributed by atoms with Crippen molar-refractivity contribution in [2.75, 3.05) is 20.1 Å². The summed E-state index contributed by atoms with van der Waals surface area (Å²) < 4.78 is 7.19. The van der Waals surface area contributed by atoms with E-state index in [2.05, 4.69) is 42.5 Å². The SMILES string of the molecule is CCc1nc(CN(C)C2CCN(Cc3nnnn3C3CC3)C2)no1. The van der Waals surface area contributed by atoms with Crippen LogP contribution in [0.25, 0.3) is 0 Å². The van der Waals surface area contributed by atoms with E-state index in [0.717, 1.165) is 50.7 Å². The van der Waals surface area contributed by atoms with Crippen molar-refractivity contribution >= 4 is 0 Å². The van der Waals surface area contributed by atoms with E-state index in [1.807, 2.05) is 11.6 Å². The molecule has 0 bridgehead atoms. The highest BCUT2D eigenvalue weighted by molar-refractivity contribution is 4.93. The monoisotopic (exact) mass is 332 g/mol. The molecule has 0 spiro atoms. The van der Waals surface area contributed by atoms with Gasteiger partial charge in [0.05, 0.1) is 19.1 Å². The molecule has 1 atom stereocenters. The van der Waals surface area contributed by atoms with Gasteiger partial charge in [-0.1, -0.05) is 12.1 Å². The minimum atomic E-state index is 0.499. The van der Waals surface area contributed by atoms with E-state index in [0.29, 0.717) is 18.0 Å². The van der Waals surface area contributed by atoms with Crippen molar-refractivity contribution in [3.8, 4) is 0 Å². The summed E-state index contributed by atoms with van der Waals surface area (Å²) in [5.41, 5.74) is 0. The molecule has 0 radical (unpaired) electrons. The fraction of sp³-hybridized carbons (Fsp3) is 0.800. The number of likely N-dealkylation sites (N-methyl/N-ethyl adjacent to an activating group) is 1. The van der Waals surface area contributed by atoms with Crippen LogP contribution in [0.1, 0.15) is 49.8 Å². The molecule has 3 heterocycles. The van der Waals surface area contributed by atoms with Crippen LogP contribution >= 0.6 is 0 Å². The van der Waals surface area contributed by atoms with Gasteiger partial charge in [-0.15, -0.1) is 5.10 Å². The molecule has 9 heteroatoms. The molecular formula is C15H24N8O. The van der Waals surface area contributed by atoms with Crippen LogP contribution in [0.3, 0.4) is 0 Å². The molecule has 0 N–H and O–H groups in total. The number of likely N-dealkylation sites (tertiary alicyclic amines) is 1. The number of tetrazole rings is 1. The molecule has 2 fully saturated rings. The van der Waals surface area contributed by atoms with E-state index in [4.69, 9.17) is 4.52 Å². The predicted molar refractivity (Wildman–Crippen MR) is 84.9 cm³/mol. The molecular weight excluding hydrogens is 308 g/mol. The molecule has 9 nitrogen and oxygen atoms in total. The lowest BCUT2D eigenvalue weighted by molar-refractivity contribution is 0.213. The van der Waals surface area contributed by atoms with E-state index in [-0.39, 0.29) is 0 Å². The summed E-state index contributed by atoms with van der Waals surface area (Å²) in [6, 6.07) is 1.03. The Morgan fingerprint density at radius 1 is 1.29 bits per heavy atom. The van der Waals surface area contributed by atoms with Gasteiger partial charge in [-0.05, 0) is 36.7 Å². The molecule has 0 aromatic carbocycles. The van der Waals surface area contributed by atoms with Crippen LogP contribution in [-0.2, 0) is 19.5 Å². The largest absolute Gasteiger partial charge is 0.339 e. The standard InChI is InChI=1S/C15H24N8O/c1-3-15-16-13(18-24-15)9-21(2)12-6-7-22(8-12)10-14-17-19-20-23(14)11-4-5-11/h11-12H,3-10H2,1-2H3. The van der Waals surface area contributed by atoms with Gasteiger partial charge in [0, 0.05) is 25.6 Å². The molecule has 1 aliphatic carbocycles. The second kappa shape index (κ2) is 6.56. The molecule has 24 heavy (non-hydrogen) atoms. The minimum absolute atomic E-state index is 0.499. The third-order valence-corrected chi connectivity index (χ3v) is 4.89. The van der Waals surface area contributed by atoms with Crippen LogP contribution in [-0.4, -0.2) is 66.3 Å². The van der Waals surface area contributed by atoms with Crippen LogP contribution in [0.4, 0.5) is 0 Å². The van der Waals surface area contributed by atoms with Crippen molar-refractivity contribution in [1.82, 2.24) is 40.1 Å². The zero-order chi connectivity index (χ0) is 16.5. The van der Waals surface area contributed by atoms with Crippen LogP contribution in [0.15, 0.2) is 4.52 Å². The quantitative estimate of drug-likeness (QED) is 0.730. The van der Waals surface area contributed by atoms with Gasteiger partial charge in [0.2, 0.25) is 5.89 Å². The van der Waals surface area contributed by atoms with Crippen molar-refractivity contribution in [2.24, 2.45) is 0 Å². The second-order valence-corrected chi connectivity index (χ2v) is 6.82. The van der Waals surface area contributed by atoms with Crippen molar-refractivity contribution in [3.05, 3.63) is 17.5 Å². The van der Waals surface area contributed by atoms with E-state index in [1.54, 1.807) is 0 Å². The Balaban J connectivity index is 1.31. The van der Waals surface area contributed by atoms with Crippen LogP contribution < -0.4 is 0 Å². The van der Waals surface area contributed by atoms with Crippen LogP contribution in [0.2, 0.25) is 0 Å². The van der Waals surface area contributed by atoms with Gasteiger partial charge >= 0.3 is 0 Å². The summed E-state index contributed by atoms with van der Waals surface area (Å²) in [5, 5.41) is 16.2. The first-order valence-electron chi connectivity index (χ1n) is 8.73. The summed E-state index contributed by atoms with van der Waals surface area (Å²) in [6.45, 7) is 5.66. The van der Waals surface area contributed by atoms with Gasteiger partial charge in [-0.2, -0.15) is 4.98 Å². The topological polar surface area (TPSA) is 89.0 Å². The van der Waals surface area contributed by atoms with Gasteiger partial charge in [0.15, 0.2) is 11.6 Å². The fourth-order valence-electron chi connectivity index (χ4n) is 3.28. The Kier molecular flexibility index (Phi) is 4.28. The summed E-state index contributed by atoms with van der Waals surface area (Å²) >= 11 is 0. The highest BCUT2D eigenvalue weighted by Gasteiger charge is 2.31. The maximum atomic E-state index is 5.19.